The molecule has 2 aromatic carbocycles. The zero-order chi connectivity index (χ0) is 13.5. The number of allylic oxidation sites excluding steroid dienone is 1. The van der Waals surface area contributed by atoms with Gasteiger partial charge < -0.3 is 0 Å². The minimum absolute atomic E-state index is 0.760. The molecule has 0 radical (unpaired) electrons. The highest BCUT2D eigenvalue weighted by molar-refractivity contribution is 8.00. The van der Waals surface area contributed by atoms with Crippen LogP contribution in [0.15, 0.2) is 42.5 Å². The number of thioether (sulfide) groups is 1. The first-order valence-corrected chi connectivity index (χ1v) is 8.60. The molecular formula is C19H20S. The second-order valence-corrected chi connectivity index (χ2v) is 7.65. The van der Waals surface area contributed by atoms with Crippen molar-refractivity contribution in [3.8, 4) is 0 Å². The highest BCUT2D eigenvalue weighted by atomic mass is 32.2. The molecule has 2 bridgehead atoms. The molecule has 20 heavy (non-hydrogen) atoms. The van der Waals surface area contributed by atoms with E-state index in [0.717, 1.165) is 10.5 Å². The molecule has 0 aliphatic carbocycles. The fourth-order valence-corrected chi connectivity index (χ4v) is 5.35. The lowest BCUT2D eigenvalue weighted by atomic mass is 9.88. The van der Waals surface area contributed by atoms with Gasteiger partial charge in [0.1, 0.15) is 0 Å². The number of hydrogen-bond donors (Lipinski definition) is 0. The molecule has 1 saturated heterocycles. The van der Waals surface area contributed by atoms with E-state index in [1.54, 1.807) is 5.57 Å². The van der Waals surface area contributed by atoms with Gasteiger partial charge in [-0.1, -0.05) is 48.9 Å². The van der Waals surface area contributed by atoms with E-state index in [0.29, 0.717) is 0 Å². The third-order valence-corrected chi connectivity index (χ3v) is 6.18. The highest BCUT2D eigenvalue weighted by Gasteiger charge is 2.28. The smallest absolute Gasteiger partial charge is 0.0235 e. The molecule has 2 aromatic rings. The summed E-state index contributed by atoms with van der Waals surface area (Å²) in [6, 6.07) is 13.4. The molecule has 2 atom stereocenters. The Balaban J connectivity index is 1.89. The van der Waals surface area contributed by atoms with Gasteiger partial charge in [0.2, 0.25) is 0 Å². The lowest BCUT2D eigenvalue weighted by Gasteiger charge is -2.33. The molecule has 0 aromatic heterocycles. The van der Waals surface area contributed by atoms with Crippen LogP contribution in [0.5, 0.6) is 0 Å². The van der Waals surface area contributed by atoms with E-state index in [-0.39, 0.29) is 0 Å². The van der Waals surface area contributed by atoms with Crippen molar-refractivity contribution in [2.24, 2.45) is 0 Å². The topological polar surface area (TPSA) is 0 Å². The van der Waals surface area contributed by atoms with Crippen LogP contribution in [-0.2, 0) is 0 Å². The Bertz CT molecular complexity index is 683. The van der Waals surface area contributed by atoms with Crippen LogP contribution in [0.4, 0.5) is 0 Å². The van der Waals surface area contributed by atoms with Crippen molar-refractivity contribution < 1.29 is 0 Å². The Morgan fingerprint density at radius 1 is 1.05 bits per heavy atom. The molecule has 1 heteroatoms. The van der Waals surface area contributed by atoms with Gasteiger partial charge in [-0.05, 0) is 53.7 Å². The summed E-state index contributed by atoms with van der Waals surface area (Å²) in [5.41, 5.74) is 4.55. The third kappa shape index (κ3) is 2.09. The van der Waals surface area contributed by atoms with Crippen molar-refractivity contribution in [3.05, 3.63) is 53.6 Å². The summed E-state index contributed by atoms with van der Waals surface area (Å²) < 4.78 is 0. The van der Waals surface area contributed by atoms with Crippen LogP contribution in [0.2, 0.25) is 0 Å². The molecule has 0 N–H and O–H groups in total. The lowest BCUT2D eigenvalue weighted by Crippen LogP contribution is -2.21. The monoisotopic (exact) mass is 280 g/mol. The van der Waals surface area contributed by atoms with Gasteiger partial charge in [0, 0.05) is 10.5 Å². The number of fused-ring (bicyclic) bond motifs is 3. The van der Waals surface area contributed by atoms with Crippen LogP contribution in [-0.4, -0.2) is 10.5 Å². The summed E-state index contributed by atoms with van der Waals surface area (Å²) in [6.07, 6.45) is 8.02. The highest BCUT2D eigenvalue weighted by Crippen LogP contribution is 2.45. The quantitative estimate of drug-likeness (QED) is 0.656. The molecule has 0 saturated carbocycles. The number of rotatable bonds is 1. The van der Waals surface area contributed by atoms with Crippen LogP contribution >= 0.6 is 11.8 Å². The fourth-order valence-electron chi connectivity index (χ4n) is 3.73. The van der Waals surface area contributed by atoms with E-state index in [2.05, 4.69) is 61.2 Å². The van der Waals surface area contributed by atoms with Gasteiger partial charge in [-0.2, -0.15) is 11.8 Å². The van der Waals surface area contributed by atoms with E-state index >= 15 is 0 Å². The molecule has 2 unspecified atom stereocenters. The van der Waals surface area contributed by atoms with Crippen LogP contribution in [0.1, 0.15) is 36.8 Å². The zero-order valence-corrected chi connectivity index (χ0v) is 12.7. The van der Waals surface area contributed by atoms with E-state index in [1.165, 1.54) is 47.6 Å². The number of aryl methyl sites for hydroxylation is 1. The molecule has 2 aliphatic heterocycles. The normalized spacial score (nSPS) is 25.6. The van der Waals surface area contributed by atoms with Crippen LogP contribution in [0.3, 0.4) is 0 Å². The molecule has 2 aliphatic rings. The van der Waals surface area contributed by atoms with Crippen molar-refractivity contribution in [1.82, 2.24) is 0 Å². The molecule has 0 amide bonds. The summed E-state index contributed by atoms with van der Waals surface area (Å²) in [7, 11) is 0. The molecular weight excluding hydrogens is 260 g/mol. The Labute approximate surface area is 125 Å². The summed E-state index contributed by atoms with van der Waals surface area (Å²) in [6.45, 7) is 2.26. The van der Waals surface area contributed by atoms with Crippen molar-refractivity contribution in [2.75, 3.05) is 0 Å². The van der Waals surface area contributed by atoms with Crippen molar-refractivity contribution in [3.63, 3.8) is 0 Å². The van der Waals surface area contributed by atoms with E-state index < -0.39 is 0 Å². The first-order valence-electron chi connectivity index (χ1n) is 7.66. The second kappa shape index (κ2) is 4.96. The molecule has 102 valence electrons. The molecule has 2 heterocycles. The maximum atomic E-state index is 2.56. The maximum absolute atomic E-state index is 2.56. The first kappa shape index (κ1) is 12.5. The van der Waals surface area contributed by atoms with Gasteiger partial charge in [0.05, 0.1) is 0 Å². The third-order valence-electron chi connectivity index (χ3n) is 4.68. The van der Waals surface area contributed by atoms with Crippen LogP contribution in [0.25, 0.3) is 16.3 Å². The molecule has 0 spiro atoms. The standard InChI is InChI=1S/C19H20S/c1-13-9-10-14-5-2-3-8-18(14)19(13)15-11-16-6-4-7-17(12-15)20-16/h2-3,5,8-11,16-17H,4,6-7,12H2,1H3. The largest absolute Gasteiger partial charge is 0.151 e. The lowest BCUT2D eigenvalue weighted by molar-refractivity contribution is 0.630. The van der Waals surface area contributed by atoms with Crippen molar-refractivity contribution in [1.29, 1.82) is 0 Å². The van der Waals surface area contributed by atoms with E-state index in [4.69, 9.17) is 0 Å². The minimum Gasteiger partial charge on any atom is -0.151 e. The number of hydrogen-bond acceptors (Lipinski definition) is 1. The average Bonchev–Trinajstić information content (AvgIpc) is 2.46. The predicted molar refractivity (Wildman–Crippen MR) is 90.3 cm³/mol. The molecule has 1 fully saturated rings. The van der Waals surface area contributed by atoms with Gasteiger partial charge in [0.25, 0.3) is 0 Å². The van der Waals surface area contributed by atoms with Gasteiger partial charge >= 0.3 is 0 Å². The van der Waals surface area contributed by atoms with Gasteiger partial charge in [0.15, 0.2) is 0 Å². The summed E-state index contributed by atoms with van der Waals surface area (Å²) in [5, 5.41) is 4.42. The first-order chi connectivity index (χ1) is 9.81. The maximum Gasteiger partial charge on any atom is 0.0235 e. The van der Waals surface area contributed by atoms with Gasteiger partial charge in [-0.15, -0.1) is 0 Å². The fraction of sp³-hybridized carbons (Fsp3) is 0.368. The van der Waals surface area contributed by atoms with Gasteiger partial charge in [-0.25, -0.2) is 0 Å². The van der Waals surface area contributed by atoms with Crippen LogP contribution < -0.4 is 0 Å². The number of benzene rings is 2. The van der Waals surface area contributed by atoms with Crippen molar-refractivity contribution in [2.45, 2.75) is 43.1 Å². The summed E-state index contributed by atoms with van der Waals surface area (Å²) >= 11 is 2.21. The Kier molecular flexibility index (Phi) is 3.11. The predicted octanol–water partition coefficient (Wildman–Crippen LogP) is 5.59. The molecule has 0 nitrogen and oxygen atoms in total. The van der Waals surface area contributed by atoms with Crippen LogP contribution in [0, 0.1) is 6.92 Å². The van der Waals surface area contributed by atoms with Crippen molar-refractivity contribution >= 4 is 28.1 Å². The second-order valence-electron chi connectivity index (χ2n) is 6.10. The Morgan fingerprint density at radius 2 is 1.95 bits per heavy atom. The van der Waals surface area contributed by atoms with E-state index in [1.807, 2.05) is 0 Å². The van der Waals surface area contributed by atoms with E-state index in [9.17, 15) is 0 Å². The Morgan fingerprint density at radius 3 is 2.85 bits per heavy atom. The zero-order valence-electron chi connectivity index (χ0n) is 11.9. The molecule has 4 rings (SSSR count). The average molecular weight is 280 g/mol. The minimum atomic E-state index is 0.760. The summed E-state index contributed by atoms with van der Waals surface area (Å²) in [5.74, 6) is 0. The summed E-state index contributed by atoms with van der Waals surface area (Å²) in [4.78, 5) is 0. The Hall–Kier alpha value is -1.21. The SMILES string of the molecule is Cc1ccc2ccccc2c1C1=CC2CCCC(C1)S2. The van der Waals surface area contributed by atoms with Gasteiger partial charge in [-0.3, -0.25) is 0 Å².